The molecular weight excluding hydrogens is 360 g/mol. The van der Waals surface area contributed by atoms with Crippen molar-refractivity contribution in [2.75, 3.05) is 6.54 Å². The van der Waals surface area contributed by atoms with Gasteiger partial charge in [-0.1, -0.05) is 66.7 Å². The number of amides is 2. The van der Waals surface area contributed by atoms with Crippen LogP contribution in [0, 0.1) is 0 Å². The second-order valence-electron chi connectivity index (χ2n) is 7.09. The van der Waals surface area contributed by atoms with Crippen LogP contribution in [-0.4, -0.2) is 28.2 Å². The van der Waals surface area contributed by atoms with Gasteiger partial charge in [0.25, 0.3) is 11.8 Å². The molecule has 2 heterocycles. The highest BCUT2D eigenvalue weighted by Gasteiger charge is 2.34. The van der Waals surface area contributed by atoms with Crippen molar-refractivity contribution >= 4 is 22.6 Å². The van der Waals surface area contributed by atoms with E-state index < -0.39 is 0 Å². The van der Waals surface area contributed by atoms with Crippen LogP contribution in [0.3, 0.4) is 0 Å². The number of rotatable bonds is 4. The summed E-state index contributed by atoms with van der Waals surface area (Å²) in [6.45, 7) is 0.303. The highest BCUT2D eigenvalue weighted by Crippen LogP contribution is 2.31. The lowest BCUT2D eigenvalue weighted by Crippen LogP contribution is -2.32. The number of fused-ring (bicyclic) bond motifs is 2. The van der Waals surface area contributed by atoms with Gasteiger partial charge in [0.15, 0.2) is 0 Å². The molecule has 0 radical (unpaired) electrons. The van der Waals surface area contributed by atoms with E-state index >= 15 is 0 Å². The molecule has 1 aromatic heterocycles. The number of hydrogen-bond donors (Lipinski definition) is 0. The number of benzene rings is 3. The van der Waals surface area contributed by atoms with E-state index in [1.54, 1.807) is 24.3 Å². The number of carbonyl (C=O) groups excluding carboxylic acids is 2. The number of nitrogens with zero attached hydrogens (tertiary/aromatic N) is 2. The second kappa shape index (κ2) is 6.99. The fourth-order valence-electron chi connectivity index (χ4n) is 3.98. The van der Waals surface area contributed by atoms with Gasteiger partial charge >= 0.3 is 0 Å². The predicted molar refractivity (Wildman–Crippen MR) is 113 cm³/mol. The fraction of sp³-hybridized carbons (Fsp3) is 0.0800. The maximum absolute atomic E-state index is 12.7. The first-order valence-corrected chi connectivity index (χ1v) is 9.61. The Morgan fingerprint density at radius 2 is 1.34 bits per heavy atom. The van der Waals surface area contributed by atoms with E-state index in [0.29, 0.717) is 24.1 Å². The highest BCUT2D eigenvalue weighted by atomic mass is 16.2. The number of hydrogen-bond acceptors (Lipinski definition) is 3. The van der Waals surface area contributed by atoms with Crippen molar-refractivity contribution in [2.45, 2.75) is 6.42 Å². The monoisotopic (exact) mass is 378 g/mol. The van der Waals surface area contributed by atoms with Crippen molar-refractivity contribution in [1.82, 2.24) is 9.88 Å². The smallest absolute Gasteiger partial charge is 0.261 e. The van der Waals surface area contributed by atoms with Gasteiger partial charge in [-0.25, -0.2) is 0 Å². The molecule has 4 aromatic rings. The molecule has 0 saturated heterocycles. The summed E-state index contributed by atoms with van der Waals surface area (Å²) in [6.07, 6.45) is 2.36. The van der Waals surface area contributed by atoms with Crippen LogP contribution < -0.4 is 0 Å². The lowest BCUT2D eigenvalue weighted by atomic mass is 9.96. The Kier molecular flexibility index (Phi) is 4.17. The molecule has 4 heteroatoms. The zero-order valence-corrected chi connectivity index (χ0v) is 15.7. The molecule has 0 bridgehead atoms. The molecule has 0 fully saturated rings. The van der Waals surface area contributed by atoms with Crippen LogP contribution in [0.1, 0.15) is 26.4 Å². The van der Waals surface area contributed by atoms with Gasteiger partial charge in [-0.15, -0.1) is 0 Å². The highest BCUT2D eigenvalue weighted by molar-refractivity contribution is 6.21. The molecule has 4 nitrogen and oxygen atoms in total. The van der Waals surface area contributed by atoms with E-state index in [2.05, 4.69) is 18.2 Å². The first kappa shape index (κ1) is 17.3. The standard InChI is InChI=1S/C25H18N2O2/c28-24-20-12-6-7-13-21(20)25(29)27(24)15-14-22-23(17-8-2-1-3-9-17)19-11-5-4-10-18(19)16-26-22/h1-13,16H,14-15H2. The van der Waals surface area contributed by atoms with Crippen molar-refractivity contribution < 1.29 is 9.59 Å². The van der Waals surface area contributed by atoms with E-state index in [1.807, 2.05) is 42.6 Å². The summed E-state index contributed by atoms with van der Waals surface area (Å²) in [5.74, 6) is -0.458. The van der Waals surface area contributed by atoms with Gasteiger partial charge in [0.05, 0.1) is 16.8 Å². The van der Waals surface area contributed by atoms with Crippen LogP contribution in [0.2, 0.25) is 0 Å². The molecule has 0 spiro atoms. The number of carbonyl (C=O) groups is 2. The summed E-state index contributed by atoms with van der Waals surface area (Å²) >= 11 is 0. The van der Waals surface area contributed by atoms with Crippen LogP contribution in [0.15, 0.2) is 85.1 Å². The van der Waals surface area contributed by atoms with E-state index in [0.717, 1.165) is 27.6 Å². The molecule has 0 saturated carbocycles. The Labute approximate surface area is 168 Å². The average Bonchev–Trinajstić information content (AvgIpc) is 3.02. The van der Waals surface area contributed by atoms with E-state index in [1.165, 1.54) is 4.90 Å². The van der Waals surface area contributed by atoms with Gasteiger partial charge in [0.2, 0.25) is 0 Å². The number of pyridine rings is 1. The van der Waals surface area contributed by atoms with E-state index in [9.17, 15) is 9.59 Å². The van der Waals surface area contributed by atoms with Crippen molar-refractivity contribution in [3.8, 4) is 11.1 Å². The molecule has 1 aliphatic rings. The van der Waals surface area contributed by atoms with Crippen molar-refractivity contribution in [1.29, 1.82) is 0 Å². The Morgan fingerprint density at radius 1 is 0.724 bits per heavy atom. The van der Waals surface area contributed by atoms with Gasteiger partial charge in [0, 0.05) is 30.1 Å². The van der Waals surface area contributed by atoms with Crippen LogP contribution in [0.4, 0.5) is 0 Å². The molecule has 0 N–H and O–H groups in total. The van der Waals surface area contributed by atoms with Gasteiger partial charge < -0.3 is 0 Å². The minimum absolute atomic E-state index is 0.229. The number of imide groups is 1. The third-order valence-electron chi connectivity index (χ3n) is 5.39. The first-order chi connectivity index (χ1) is 14.2. The molecule has 1 aliphatic heterocycles. The minimum Gasteiger partial charge on any atom is -0.274 e. The Balaban J connectivity index is 1.52. The summed E-state index contributed by atoms with van der Waals surface area (Å²) < 4.78 is 0. The quantitative estimate of drug-likeness (QED) is 0.482. The third kappa shape index (κ3) is 2.90. The normalized spacial score (nSPS) is 13.2. The molecule has 2 amide bonds. The minimum atomic E-state index is -0.229. The first-order valence-electron chi connectivity index (χ1n) is 9.61. The van der Waals surface area contributed by atoms with Crippen LogP contribution >= 0.6 is 0 Å². The topological polar surface area (TPSA) is 50.3 Å². The van der Waals surface area contributed by atoms with E-state index in [-0.39, 0.29) is 11.8 Å². The molecule has 5 rings (SSSR count). The average molecular weight is 378 g/mol. The second-order valence-corrected chi connectivity index (χ2v) is 7.09. The summed E-state index contributed by atoms with van der Waals surface area (Å²) in [5, 5.41) is 2.18. The third-order valence-corrected chi connectivity index (χ3v) is 5.39. The SMILES string of the molecule is O=C1c2ccccc2C(=O)N1CCc1ncc2ccccc2c1-c1ccccc1. The lowest BCUT2D eigenvalue weighted by Gasteiger charge is -2.16. The Morgan fingerprint density at radius 3 is 2.07 bits per heavy atom. The molecule has 29 heavy (non-hydrogen) atoms. The van der Waals surface area contributed by atoms with Gasteiger partial charge in [0.1, 0.15) is 0 Å². The lowest BCUT2D eigenvalue weighted by molar-refractivity contribution is 0.0656. The van der Waals surface area contributed by atoms with Crippen molar-refractivity contribution in [2.24, 2.45) is 0 Å². The molecular formula is C25H18N2O2. The molecule has 3 aromatic carbocycles. The van der Waals surface area contributed by atoms with E-state index in [4.69, 9.17) is 4.98 Å². The Bertz CT molecular complexity index is 1210. The molecule has 140 valence electrons. The summed E-state index contributed by atoms with van der Waals surface area (Å²) in [6, 6.07) is 25.3. The molecule has 0 unspecified atom stereocenters. The fourth-order valence-corrected chi connectivity index (χ4v) is 3.98. The molecule has 0 atom stereocenters. The maximum Gasteiger partial charge on any atom is 0.261 e. The van der Waals surface area contributed by atoms with Gasteiger partial charge in [-0.05, 0) is 23.1 Å². The van der Waals surface area contributed by atoms with Gasteiger partial charge in [-0.3, -0.25) is 19.5 Å². The summed E-state index contributed by atoms with van der Waals surface area (Å²) in [4.78, 5) is 31.4. The van der Waals surface area contributed by atoms with Crippen LogP contribution in [0.25, 0.3) is 21.9 Å². The predicted octanol–water partition coefficient (Wildman–Crippen LogP) is 4.74. The number of aromatic nitrogens is 1. The molecule has 0 aliphatic carbocycles. The van der Waals surface area contributed by atoms with Crippen LogP contribution in [0.5, 0.6) is 0 Å². The maximum atomic E-state index is 12.7. The van der Waals surface area contributed by atoms with Crippen molar-refractivity contribution in [3.63, 3.8) is 0 Å². The van der Waals surface area contributed by atoms with Crippen LogP contribution in [-0.2, 0) is 6.42 Å². The van der Waals surface area contributed by atoms with Crippen molar-refractivity contribution in [3.05, 3.63) is 102 Å². The zero-order valence-electron chi connectivity index (χ0n) is 15.7. The zero-order chi connectivity index (χ0) is 19.8. The van der Waals surface area contributed by atoms with Gasteiger partial charge in [-0.2, -0.15) is 0 Å². The largest absolute Gasteiger partial charge is 0.274 e. The summed E-state index contributed by atoms with van der Waals surface area (Å²) in [7, 11) is 0. The Hall–Kier alpha value is -3.79. The summed E-state index contributed by atoms with van der Waals surface area (Å²) in [5.41, 5.74) is 3.97.